The number of hydrogen-bond donors (Lipinski definition) is 1. The lowest BCUT2D eigenvalue weighted by atomic mass is 9.96. The van der Waals surface area contributed by atoms with Crippen LogP contribution < -0.4 is 0 Å². The third-order valence-corrected chi connectivity index (χ3v) is 2.87. The van der Waals surface area contributed by atoms with Gasteiger partial charge in [0.15, 0.2) is 0 Å². The quantitative estimate of drug-likeness (QED) is 0.812. The van der Waals surface area contributed by atoms with Crippen LogP contribution in [0, 0.1) is 5.92 Å². The summed E-state index contributed by atoms with van der Waals surface area (Å²) in [6.45, 7) is 4.15. The number of aliphatic hydroxyl groups is 1. The maximum absolute atomic E-state index is 9.82. The van der Waals surface area contributed by atoms with Gasteiger partial charge in [-0.2, -0.15) is 0 Å². The van der Waals surface area contributed by atoms with Gasteiger partial charge >= 0.3 is 0 Å². The lowest BCUT2D eigenvalue weighted by Gasteiger charge is -2.16. The van der Waals surface area contributed by atoms with Crippen LogP contribution in [0.1, 0.15) is 25.8 Å². The average Bonchev–Trinajstić information content (AvgIpc) is 2.16. The molecule has 0 saturated carbocycles. The van der Waals surface area contributed by atoms with Gasteiger partial charge in [0.25, 0.3) is 0 Å². The topological polar surface area (TPSA) is 20.2 Å². The molecule has 1 aromatic rings. The second-order valence-electron chi connectivity index (χ2n) is 3.79. The second kappa shape index (κ2) is 5.38. The van der Waals surface area contributed by atoms with E-state index in [9.17, 15) is 5.11 Å². The highest BCUT2D eigenvalue weighted by molar-refractivity contribution is 6.30. The van der Waals surface area contributed by atoms with Crippen LogP contribution in [0.3, 0.4) is 0 Å². The van der Waals surface area contributed by atoms with Crippen molar-refractivity contribution in [2.75, 3.05) is 0 Å². The molecule has 2 atom stereocenters. The highest BCUT2D eigenvalue weighted by Gasteiger charge is 2.12. The summed E-state index contributed by atoms with van der Waals surface area (Å²) in [5.41, 5.74) is 1.10. The number of aliphatic hydroxyl groups excluding tert-OH is 1. The van der Waals surface area contributed by atoms with Crippen molar-refractivity contribution in [2.45, 2.75) is 32.8 Å². The van der Waals surface area contributed by atoms with Gasteiger partial charge in [-0.15, -0.1) is 0 Å². The first-order chi connectivity index (χ1) is 6.63. The molecular weight excluding hydrogens is 196 g/mol. The molecule has 0 saturated heterocycles. The Balaban J connectivity index is 2.60. The predicted molar refractivity (Wildman–Crippen MR) is 60.6 cm³/mol. The van der Waals surface area contributed by atoms with Crippen molar-refractivity contribution in [3.63, 3.8) is 0 Å². The summed E-state index contributed by atoms with van der Waals surface area (Å²) < 4.78 is 0. The van der Waals surface area contributed by atoms with Crippen molar-refractivity contribution in [2.24, 2.45) is 5.92 Å². The molecule has 0 fully saturated rings. The molecule has 2 heteroatoms. The standard InChI is InChI=1S/C12H17ClO/c1-3-9(2)12(14)8-10-5-4-6-11(13)7-10/h4-7,9,12,14H,3,8H2,1-2H3. The van der Waals surface area contributed by atoms with E-state index in [4.69, 9.17) is 11.6 Å². The van der Waals surface area contributed by atoms with Crippen LogP contribution in [0.25, 0.3) is 0 Å². The van der Waals surface area contributed by atoms with Gasteiger partial charge in [-0.05, 0) is 30.0 Å². The van der Waals surface area contributed by atoms with Crippen molar-refractivity contribution in [3.8, 4) is 0 Å². The molecule has 0 aromatic heterocycles. The van der Waals surface area contributed by atoms with Crippen LogP contribution in [0.4, 0.5) is 0 Å². The van der Waals surface area contributed by atoms with Crippen LogP contribution in [-0.2, 0) is 6.42 Å². The normalized spacial score (nSPS) is 15.1. The van der Waals surface area contributed by atoms with Gasteiger partial charge in [-0.3, -0.25) is 0 Å². The lowest BCUT2D eigenvalue weighted by Crippen LogP contribution is -2.19. The fourth-order valence-electron chi connectivity index (χ4n) is 1.38. The molecule has 1 nitrogen and oxygen atoms in total. The minimum Gasteiger partial charge on any atom is -0.393 e. The first-order valence-electron chi connectivity index (χ1n) is 5.06. The summed E-state index contributed by atoms with van der Waals surface area (Å²) in [4.78, 5) is 0. The zero-order valence-corrected chi connectivity index (χ0v) is 9.46. The van der Waals surface area contributed by atoms with Crippen LogP contribution in [0.2, 0.25) is 5.02 Å². The zero-order valence-electron chi connectivity index (χ0n) is 8.70. The third kappa shape index (κ3) is 3.32. The maximum Gasteiger partial charge on any atom is 0.0605 e. The van der Waals surface area contributed by atoms with E-state index in [2.05, 4.69) is 13.8 Å². The minimum absolute atomic E-state index is 0.265. The van der Waals surface area contributed by atoms with E-state index in [1.165, 1.54) is 0 Å². The Bertz CT molecular complexity index is 285. The average molecular weight is 213 g/mol. The van der Waals surface area contributed by atoms with E-state index in [-0.39, 0.29) is 6.10 Å². The summed E-state index contributed by atoms with van der Waals surface area (Å²) in [5, 5.41) is 10.6. The summed E-state index contributed by atoms with van der Waals surface area (Å²) in [6.07, 6.45) is 1.43. The van der Waals surface area contributed by atoms with Crippen molar-refractivity contribution in [1.82, 2.24) is 0 Å². The largest absolute Gasteiger partial charge is 0.393 e. The second-order valence-corrected chi connectivity index (χ2v) is 4.22. The molecule has 1 N–H and O–H groups in total. The van der Waals surface area contributed by atoms with Gasteiger partial charge in [0, 0.05) is 5.02 Å². The van der Waals surface area contributed by atoms with Gasteiger partial charge in [0.2, 0.25) is 0 Å². The lowest BCUT2D eigenvalue weighted by molar-refractivity contribution is 0.115. The summed E-state index contributed by atoms with van der Waals surface area (Å²) in [5.74, 6) is 0.342. The van der Waals surface area contributed by atoms with E-state index >= 15 is 0 Å². The zero-order chi connectivity index (χ0) is 10.6. The number of halogens is 1. The Morgan fingerprint density at radius 2 is 2.14 bits per heavy atom. The monoisotopic (exact) mass is 212 g/mol. The fraction of sp³-hybridized carbons (Fsp3) is 0.500. The first kappa shape index (κ1) is 11.5. The van der Waals surface area contributed by atoms with E-state index in [0.29, 0.717) is 12.3 Å². The molecule has 0 aliphatic carbocycles. The van der Waals surface area contributed by atoms with Crippen molar-refractivity contribution >= 4 is 11.6 Å². The smallest absolute Gasteiger partial charge is 0.0605 e. The Morgan fingerprint density at radius 3 is 2.71 bits per heavy atom. The van der Waals surface area contributed by atoms with Crippen molar-refractivity contribution in [3.05, 3.63) is 34.9 Å². The molecule has 0 radical (unpaired) electrons. The van der Waals surface area contributed by atoms with Crippen LogP contribution in [0.15, 0.2) is 24.3 Å². The van der Waals surface area contributed by atoms with Gasteiger partial charge in [0.1, 0.15) is 0 Å². The van der Waals surface area contributed by atoms with Gasteiger partial charge in [-0.1, -0.05) is 44.0 Å². The van der Waals surface area contributed by atoms with Crippen molar-refractivity contribution in [1.29, 1.82) is 0 Å². The van der Waals surface area contributed by atoms with Gasteiger partial charge < -0.3 is 5.11 Å². The predicted octanol–water partition coefficient (Wildman–Crippen LogP) is 3.29. The summed E-state index contributed by atoms with van der Waals surface area (Å²) in [7, 11) is 0. The van der Waals surface area contributed by atoms with Crippen LogP contribution in [0.5, 0.6) is 0 Å². The van der Waals surface area contributed by atoms with E-state index in [0.717, 1.165) is 17.0 Å². The molecular formula is C12H17ClO. The molecule has 78 valence electrons. The number of hydrogen-bond acceptors (Lipinski definition) is 1. The highest BCUT2D eigenvalue weighted by Crippen LogP contribution is 2.16. The summed E-state index contributed by atoms with van der Waals surface area (Å²) in [6, 6.07) is 7.67. The third-order valence-electron chi connectivity index (χ3n) is 2.63. The Kier molecular flexibility index (Phi) is 4.43. The van der Waals surface area contributed by atoms with Gasteiger partial charge in [0.05, 0.1) is 6.10 Å². The SMILES string of the molecule is CCC(C)C(O)Cc1cccc(Cl)c1. The number of benzene rings is 1. The molecule has 0 heterocycles. The summed E-state index contributed by atoms with van der Waals surface area (Å²) >= 11 is 5.86. The van der Waals surface area contributed by atoms with E-state index in [1.807, 2.05) is 24.3 Å². The fourth-order valence-corrected chi connectivity index (χ4v) is 1.59. The molecule has 1 aromatic carbocycles. The van der Waals surface area contributed by atoms with Gasteiger partial charge in [-0.25, -0.2) is 0 Å². The minimum atomic E-state index is -0.265. The Hall–Kier alpha value is -0.530. The van der Waals surface area contributed by atoms with E-state index in [1.54, 1.807) is 0 Å². The molecule has 1 rings (SSSR count). The highest BCUT2D eigenvalue weighted by atomic mass is 35.5. The molecule has 0 amide bonds. The first-order valence-corrected chi connectivity index (χ1v) is 5.43. The van der Waals surface area contributed by atoms with Crippen molar-refractivity contribution < 1.29 is 5.11 Å². The molecule has 2 unspecified atom stereocenters. The Labute approximate surface area is 90.7 Å². The molecule has 0 bridgehead atoms. The molecule has 0 aliphatic heterocycles. The van der Waals surface area contributed by atoms with E-state index < -0.39 is 0 Å². The van der Waals surface area contributed by atoms with Crippen LogP contribution >= 0.6 is 11.6 Å². The Morgan fingerprint density at radius 1 is 1.43 bits per heavy atom. The molecule has 0 spiro atoms. The maximum atomic E-state index is 9.82. The number of rotatable bonds is 4. The molecule has 14 heavy (non-hydrogen) atoms. The molecule has 0 aliphatic rings. The van der Waals surface area contributed by atoms with Crippen LogP contribution in [-0.4, -0.2) is 11.2 Å².